The van der Waals surface area contributed by atoms with Crippen molar-refractivity contribution in [1.82, 2.24) is 9.97 Å². The number of aromatic nitrogens is 2. The summed E-state index contributed by atoms with van der Waals surface area (Å²) in [6.07, 6.45) is 7.60. The van der Waals surface area contributed by atoms with Crippen LogP contribution in [0.1, 0.15) is 5.56 Å². The van der Waals surface area contributed by atoms with E-state index in [0.29, 0.717) is 6.42 Å². The van der Waals surface area contributed by atoms with Crippen molar-refractivity contribution >= 4 is 0 Å². The number of aromatic amines is 1. The second kappa shape index (κ2) is 6.44. The molecule has 0 aliphatic heterocycles. The molecule has 0 bridgehead atoms. The third-order valence-corrected chi connectivity index (χ3v) is 1.50. The first-order valence-corrected chi connectivity index (χ1v) is 4.27. The monoisotopic (exact) mass is 185 g/mol. The van der Waals surface area contributed by atoms with Crippen molar-refractivity contribution in [3.05, 3.63) is 54.6 Å². The number of hydrogen-bond donors (Lipinski definition) is 1. The van der Waals surface area contributed by atoms with Crippen molar-refractivity contribution in [2.24, 2.45) is 0 Å². The normalized spacial score (nSPS) is 8.21. The van der Waals surface area contributed by atoms with Crippen molar-refractivity contribution in [2.45, 2.75) is 6.42 Å². The Kier molecular flexibility index (Phi) is 4.60. The number of H-pyrrole nitrogens is 1. The van der Waals surface area contributed by atoms with Crippen molar-refractivity contribution in [3.8, 4) is 6.07 Å². The van der Waals surface area contributed by atoms with Crippen LogP contribution < -0.4 is 0 Å². The van der Waals surface area contributed by atoms with Crippen molar-refractivity contribution in [3.63, 3.8) is 0 Å². The fourth-order valence-corrected chi connectivity index (χ4v) is 0.872. The molecule has 0 aliphatic carbocycles. The summed E-state index contributed by atoms with van der Waals surface area (Å²) in [4.78, 5) is 6.71. The number of pyridine rings is 1. The molecule has 3 nitrogen and oxygen atoms in total. The van der Waals surface area contributed by atoms with E-state index in [1.807, 2.05) is 42.7 Å². The highest BCUT2D eigenvalue weighted by molar-refractivity contribution is 5.12. The third kappa shape index (κ3) is 4.07. The highest BCUT2D eigenvalue weighted by Gasteiger charge is 1.85. The molecule has 0 atom stereocenters. The Bertz CT molecular complexity index is 342. The fourth-order valence-electron chi connectivity index (χ4n) is 0.872. The Hall–Kier alpha value is -2.08. The summed E-state index contributed by atoms with van der Waals surface area (Å²) < 4.78 is 0. The van der Waals surface area contributed by atoms with Crippen LogP contribution in [0.4, 0.5) is 0 Å². The first kappa shape index (κ1) is 10.0. The second-order valence-corrected chi connectivity index (χ2v) is 2.58. The first-order valence-electron chi connectivity index (χ1n) is 4.27. The SMILES string of the molecule is N#CCc1cccnc1.c1cc[nH]c1. The molecule has 2 aromatic rings. The minimum absolute atomic E-state index is 0.452. The summed E-state index contributed by atoms with van der Waals surface area (Å²) in [6, 6.07) is 9.64. The zero-order valence-electron chi connectivity index (χ0n) is 7.72. The summed E-state index contributed by atoms with van der Waals surface area (Å²) in [5.41, 5.74) is 0.972. The molecule has 0 fully saturated rings. The number of nitrogens with zero attached hydrogens (tertiary/aromatic N) is 2. The minimum Gasteiger partial charge on any atom is -0.368 e. The van der Waals surface area contributed by atoms with Crippen LogP contribution in [-0.4, -0.2) is 9.97 Å². The molecule has 0 amide bonds. The van der Waals surface area contributed by atoms with Crippen molar-refractivity contribution in [2.75, 3.05) is 0 Å². The van der Waals surface area contributed by atoms with E-state index < -0.39 is 0 Å². The molecule has 0 aromatic carbocycles. The Morgan fingerprint density at radius 3 is 2.50 bits per heavy atom. The van der Waals surface area contributed by atoms with Gasteiger partial charge in [0.25, 0.3) is 0 Å². The number of hydrogen-bond acceptors (Lipinski definition) is 2. The largest absolute Gasteiger partial charge is 0.368 e. The quantitative estimate of drug-likeness (QED) is 0.740. The molecule has 0 radical (unpaired) electrons. The van der Waals surface area contributed by atoms with Crippen LogP contribution in [0.5, 0.6) is 0 Å². The summed E-state index contributed by atoms with van der Waals surface area (Å²) in [6.45, 7) is 0. The van der Waals surface area contributed by atoms with Gasteiger partial charge >= 0.3 is 0 Å². The topological polar surface area (TPSA) is 52.5 Å². The van der Waals surface area contributed by atoms with E-state index in [9.17, 15) is 0 Å². The summed E-state index contributed by atoms with van der Waals surface area (Å²) in [5.74, 6) is 0. The van der Waals surface area contributed by atoms with Crippen LogP contribution in [-0.2, 0) is 6.42 Å². The highest BCUT2D eigenvalue weighted by atomic mass is 14.6. The van der Waals surface area contributed by atoms with Crippen LogP contribution >= 0.6 is 0 Å². The molecule has 3 heteroatoms. The van der Waals surface area contributed by atoms with Gasteiger partial charge in [-0.3, -0.25) is 4.98 Å². The molecular weight excluding hydrogens is 174 g/mol. The lowest BCUT2D eigenvalue weighted by molar-refractivity contribution is 1.19. The Morgan fingerprint density at radius 2 is 2.07 bits per heavy atom. The minimum atomic E-state index is 0.452. The Morgan fingerprint density at radius 1 is 1.29 bits per heavy atom. The molecule has 2 rings (SSSR count). The van der Waals surface area contributed by atoms with Crippen LogP contribution in [0.2, 0.25) is 0 Å². The maximum atomic E-state index is 8.24. The average molecular weight is 185 g/mol. The van der Waals surface area contributed by atoms with E-state index in [0.717, 1.165) is 5.56 Å². The van der Waals surface area contributed by atoms with Gasteiger partial charge in [0.05, 0.1) is 12.5 Å². The molecule has 70 valence electrons. The van der Waals surface area contributed by atoms with Crippen molar-refractivity contribution in [1.29, 1.82) is 5.26 Å². The van der Waals surface area contributed by atoms with Gasteiger partial charge in [-0.15, -0.1) is 0 Å². The van der Waals surface area contributed by atoms with Gasteiger partial charge in [-0.25, -0.2) is 0 Å². The first-order chi connectivity index (χ1) is 6.93. The molecule has 0 unspecified atom stereocenters. The van der Waals surface area contributed by atoms with E-state index in [1.165, 1.54) is 0 Å². The molecule has 2 heterocycles. The van der Waals surface area contributed by atoms with E-state index in [2.05, 4.69) is 9.97 Å². The van der Waals surface area contributed by atoms with Gasteiger partial charge in [0.2, 0.25) is 0 Å². The predicted molar refractivity (Wildman–Crippen MR) is 54.3 cm³/mol. The predicted octanol–water partition coefficient (Wildman–Crippen LogP) is 2.16. The standard InChI is InChI=1S/C7H6N2.C4H5N/c8-4-3-7-2-1-5-9-6-7;1-2-4-5-3-1/h1-2,5-6H,3H2;1-5H. The van der Waals surface area contributed by atoms with Gasteiger partial charge in [-0.1, -0.05) is 6.07 Å². The zero-order chi connectivity index (χ0) is 10.1. The lowest BCUT2D eigenvalue weighted by atomic mass is 10.2. The lowest BCUT2D eigenvalue weighted by Crippen LogP contribution is -1.79. The molecule has 0 spiro atoms. The molecule has 0 saturated heterocycles. The Balaban J connectivity index is 0.000000165. The summed E-state index contributed by atoms with van der Waals surface area (Å²) in [7, 11) is 0. The molecule has 0 aliphatic rings. The maximum absolute atomic E-state index is 8.24. The van der Waals surface area contributed by atoms with Gasteiger partial charge in [0.1, 0.15) is 0 Å². The fraction of sp³-hybridized carbons (Fsp3) is 0.0909. The van der Waals surface area contributed by atoms with E-state index in [1.54, 1.807) is 12.4 Å². The van der Waals surface area contributed by atoms with Gasteiger partial charge in [-0.2, -0.15) is 5.26 Å². The van der Waals surface area contributed by atoms with Crippen LogP contribution in [0.3, 0.4) is 0 Å². The lowest BCUT2D eigenvalue weighted by Gasteiger charge is -1.87. The van der Waals surface area contributed by atoms with Gasteiger partial charge in [0.15, 0.2) is 0 Å². The smallest absolute Gasteiger partial charge is 0.0670 e. The van der Waals surface area contributed by atoms with Crippen LogP contribution in [0.25, 0.3) is 0 Å². The molecule has 2 aromatic heterocycles. The summed E-state index contributed by atoms with van der Waals surface area (Å²) >= 11 is 0. The Labute approximate surface area is 83.0 Å². The third-order valence-electron chi connectivity index (χ3n) is 1.50. The van der Waals surface area contributed by atoms with Crippen LogP contribution in [0, 0.1) is 11.3 Å². The second-order valence-electron chi connectivity index (χ2n) is 2.58. The van der Waals surface area contributed by atoms with Gasteiger partial charge in [0, 0.05) is 24.8 Å². The zero-order valence-corrected chi connectivity index (χ0v) is 7.72. The molecular formula is C11H11N3. The van der Waals surface area contributed by atoms with Crippen LogP contribution in [0.15, 0.2) is 49.1 Å². The highest BCUT2D eigenvalue weighted by Crippen LogP contribution is 1.93. The van der Waals surface area contributed by atoms with E-state index in [-0.39, 0.29) is 0 Å². The average Bonchev–Trinajstić information content (AvgIpc) is 2.78. The molecule has 1 N–H and O–H groups in total. The van der Waals surface area contributed by atoms with Gasteiger partial charge < -0.3 is 4.98 Å². The number of rotatable bonds is 1. The molecule has 14 heavy (non-hydrogen) atoms. The summed E-state index contributed by atoms with van der Waals surface area (Å²) in [5, 5.41) is 8.24. The number of nitriles is 1. The van der Waals surface area contributed by atoms with Gasteiger partial charge in [-0.05, 0) is 23.8 Å². The van der Waals surface area contributed by atoms with E-state index >= 15 is 0 Å². The maximum Gasteiger partial charge on any atom is 0.0670 e. The van der Waals surface area contributed by atoms with Crippen molar-refractivity contribution < 1.29 is 0 Å². The number of nitrogens with one attached hydrogen (secondary N) is 1. The van der Waals surface area contributed by atoms with E-state index in [4.69, 9.17) is 5.26 Å². The molecule has 0 saturated carbocycles.